The number of hydrogen-bond acceptors (Lipinski definition) is 2. The van der Waals surface area contributed by atoms with Crippen molar-refractivity contribution in [3.63, 3.8) is 0 Å². The summed E-state index contributed by atoms with van der Waals surface area (Å²) in [5.74, 6) is 0.870. The number of Topliss-reactive ketones (excluding diaryl/α,β-unsaturated/α-hetero) is 1. The summed E-state index contributed by atoms with van der Waals surface area (Å²) in [7, 11) is 1.66. The Bertz CT molecular complexity index is 1080. The third-order valence-corrected chi connectivity index (χ3v) is 4.62. The average molecular weight is 341 g/mol. The van der Waals surface area contributed by atoms with E-state index in [2.05, 4.69) is 4.40 Å². The molecule has 4 rings (SSSR count). The van der Waals surface area contributed by atoms with Crippen LogP contribution in [0.2, 0.25) is 0 Å². The molecule has 4 aromatic rings. The third-order valence-electron chi connectivity index (χ3n) is 4.62. The van der Waals surface area contributed by atoms with E-state index in [4.69, 9.17) is 4.74 Å². The van der Waals surface area contributed by atoms with Crippen LogP contribution >= 0.6 is 0 Å². The summed E-state index contributed by atoms with van der Waals surface area (Å²) >= 11 is 0. The van der Waals surface area contributed by atoms with Crippen molar-refractivity contribution in [1.82, 2.24) is 4.40 Å². The summed E-state index contributed by atoms with van der Waals surface area (Å²) in [6.45, 7) is 1.63. The molecule has 0 bridgehead atoms. The number of fused-ring (bicyclic) bond motifs is 1. The van der Waals surface area contributed by atoms with Crippen LogP contribution < -0.4 is 4.74 Å². The van der Waals surface area contributed by atoms with Crippen LogP contribution in [0.5, 0.6) is 5.75 Å². The van der Waals surface area contributed by atoms with E-state index < -0.39 is 0 Å². The highest BCUT2D eigenvalue weighted by atomic mass is 16.5. The standard InChI is InChI=1S/C23H19NO2/c1-16(25)21-20-10-6-7-15-24(20)23(18-11-13-19(26-2)14-12-18)22(21)17-8-4-3-5-9-17/h3-15H,1-2H3. The minimum Gasteiger partial charge on any atom is -0.497 e. The normalized spacial score (nSPS) is 10.8. The Morgan fingerprint density at radius 3 is 2.19 bits per heavy atom. The van der Waals surface area contributed by atoms with Gasteiger partial charge in [-0.25, -0.2) is 0 Å². The molecule has 3 heteroatoms. The van der Waals surface area contributed by atoms with Gasteiger partial charge in [-0.2, -0.15) is 0 Å². The lowest BCUT2D eigenvalue weighted by Gasteiger charge is -2.09. The number of carbonyl (C=O) groups is 1. The molecule has 0 aliphatic rings. The first-order chi connectivity index (χ1) is 12.7. The minimum atomic E-state index is 0.0623. The second-order valence-electron chi connectivity index (χ2n) is 6.21. The predicted molar refractivity (Wildman–Crippen MR) is 105 cm³/mol. The van der Waals surface area contributed by atoms with Crippen LogP contribution in [-0.2, 0) is 0 Å². The summed E-state index contributed by atoms with van der Waals surface area (Å²) in [4.78, 5) is 12.6. The molecule has 0 fully saturated rings. The van der Waals surface area contributed by atoms with Gasteiger partial charge in [-0.3, -0.25) is 4.79 Å². The summed E-state index contributed by atoms with van der Waals surface area (Å²) in [5, 5.41) is 0. The number of pyridine rings is 1. The highest BCUT2D eigenvalue weighted by molar-refractivity contribution is 6.11. The van der Waals surface area contributed by atoms with Crippen LogP contribution in [0.15, 0.2) is 79.0 Å². The van der Waals surface area contributed by atoms with E-state index in [1.807, 2.05) is 79.0 Å². The van der Waals surface area contributed by atoms with Crippen LogP contribution in [0.1, 0.15) is 17.3 Å². The molecule has 0 saturated heterocycles. The van der Waals surface area contributed by atoms with E-state index in [9.17, 15) is 4.79 Å². The fourth-order valence-corrected chi connectivity index (χ4v) is 3.48. The Balaban J connectivity index is 2.12. The van der Waals surface area contributed by atoms with E-state index in [0.717, 1.165) is 39.2 Å². The molecule has 0 spiro atoms. The van der Waals surface area contributed by atoms with Gasteiger partial charge in [0.25, 0.3) is 0 Å². The first-order valence-electron chi connectivity index (χ1n) is 8.54. The average Bonchev–Trinajstić information content (AvgIpc) is 3.04. The molecular formula is C23H19NO2. The molecule has 0 unspecified atom stereocenters. The number of methoxy groups -OCH3 is 1. The third kappa shape index (κ3) is 2.58. The van der Waals surface area contributed by atoms with E-state index in [0.29, 0.717) is 0 Å². The highest BCUT2D eigenvalue weighted by Gasteiger charge is 2.23. The fourth-order valence-electron chi connectivity index (χ4n) is 3.48. The first kappa shape index (κ1) is 16.2. The van der Waals surface area contributed by atoms with Gasteiger partial charge >= 0.3 is 0 Å². The molecule has 0 saturated carbocycles. The summed E-state index contributed by atoms with van der Waals surface area (Å²) in [5.41, 5.74) is 5.73. The van der Waals surface area contributed by atoms with Crippen LogP contribution in [0, 0.1) is 0 Å². The lowest BCUT2D eigenvalue weighted by atomic mass is 9.95. The molecule has 2 aromatic heterocycles. The van der Waals surface area contributed by atoms with Crippen molar-refractivity contribution in [2.75, 3.05) is 7.11 Å². The zero-order valence-electron chi connectivity index (χ0n) is 14.8. The number of carbonyl (C=O) groups excluding carboxylic acids is 1. The van der Waals surface area contributed by atoms with Crippen molar-refractivity contribution in [2.45, 2.75) is 6.92 Å². The molecule has 0 aliphatic carbocycles. The zero-order valence-corrected chi connectivity index (χ0v) is 14.8. The SMILES string of the molecule is COc1ccc(-c2c(-c3ccccc3)c(C(C)=O)c3ccccn23)cc1. The van der Waals surface area contributed by atoms with E-state index in [1.54, 1.807) is 14.0 Å². The van der Waals surface area contributed by atoms with Crippen molar-refractivity contribution in [1.29, 1.82) is 0 Å². The van der Waals surface area contributed by atoms with E-state index in [-0.39, 0.29) is 5.78 Å². The molecule has 2 heterocycles. The Labute approximate surface area is 152 Å². The largest absolute Gasteiger partial charge is 0.497 e. The first-order valence-corrected chi connectivity index (χ1v) is 8.54. The Morgan fingerprint density at radius 2 is 1.54 bits per heavy atom. The maximum Gasteiger partial charge on any atom is 0.162 e. The summed E-state index contributed by atoms with van der Waals surface area (Å²) in [6.07, 6.45) is 2.01. The maximum absolute atomic E-state index is 12.6. The summed E-state index contributed by atoms with van der Waals surface area (Å²) < 4.78 is 7.39. The monoisotopic (exact) mass is 341 g/mol. The molecule has 26 heavy (non-hydrogen) atoms. The van der Waals surface area contributed by atoms with Gasteiger partial charge in [0.2, 0.25) is 0 Å². The molecular weight excluding hydrogens is 322 g/mol. The number of ether oxygens (including phenoxy) is 1. The van der Waals surface area contributed by atoms with E-state index >= 15 is 0 Å². The van der Waals surface area contributed by atoms with Gasteiger partial charge in [0.05, 0.1) is 23.9 Å². The Kier molecular flexibility index (Phi) is 4.05. The fraction of sp³-hybridized carbons (Fsp3) is 0.0870. The predicted octanol–water partition coefficient (Wildman–Crippen LogP) is 5.48. The number of hydrogen-bond donors (Lipinski definition) is 0. The van der Waals surface area contributed by atoms with Crippen LogP contribution in [0.25, 0.3) is 27.9 Å². The Hall–Kier alpha value is -3.33. The maximum atomic E-state index is 12.6. The Morgan fingerprint density at radius 1 is 0.846 bits per heavy atom. The number of nitrogens with zero attached hydrogens (tertiary/aromatic N) is 1. The summed E-state index contributed by atoms with van der Waals surface area (Å²) in [6, 6.07) is 24.0. The smallest absolute Gasteiger partial charge is 0.162 e. The van der Waals surface area contributed by atoms with Crippen LogP contribution in [-0.4, -0.2) is 17.3 Å². The second-order valence-corrected chi connectivity index (χ2v) is 6.21. The van der Waals surface area contributed by atoms with Crippen molar-refractivity contribution < 1.29 is 9.53 Å². The molecule has 0 aliphatic heterocycles. The molecule has 3 nitrogen and oxygen atoms in total. The highest BCUT2D eigenvalue weighted by Crippen LogP contribution is 2.39. The number of rotatable bonds is 4. The molecule has 0 atom stereocenters. The number of ketones is 1. The van der Waals surface area contributed by atoms with Crippen LogP contribution in [0.4, 0.5) is 0 Å². The van der Waals surface area contributed by atoms with Gasteiger partial charge in [0, 0.05) is 11.8 Å². The van der Waals surface area contributed by atoms with Gasteiger partial charge in [0.15, 0.2) is 5.78 Å². The van der Waals surface area contributed by atoms with Crippen molar-refractivity contribution in [2.24, 2.45) is 0 Å². The molecule has 128 valence electrons. The van der Waals surface area contributed by atoms with Crippen molar-refractivity contribution in [3.8, 4) is 28.1 Å². The lowest BCUT2D eigenvalue weighted by Crippen LogP contribution is -1.94. The van der Waals surface area contributed by atoms with Gasteiger partial charge in [-0.15, -0.1) is 0 Å². The van der Waals surface area contributed by atoms with Crippen molar-refractivity contribution >= 4 is 11.3 Å². The quantitative estimate of drug-likeness (QED) is 0.460. The van der Waals surface area contributed by atoms with E-state index in [1.165, 1.54) is 0 Å². The molecule has 2 aromatic carbocycles. The molecule has 0 amide bonds. The number of aromatic nitrogens is 1. The van der Waals surface area contributed by atoms with Gasteiger partial charge in [-0.1, -0.05) is 36.4 Å². The van der Waals surface area contributed by atoms with Gasteiger partial charge in [0.1, 0.15) is 5.75 Å². The topological polar surface area (TPSA) is 30.7 Å². The molecule has 0 radical (unpaired) electrons. The zero-order chi connectivity index (χ0) is 18.1. The lowest BCUT2D eigenvalue weighted by molar-refractivity contribution is 0.102. The van der Waals surface area contributed by atoms with Gasteiger partial charge in [-0.05, 0) is 54.4 Å². The molecule has 0 N–H and O–H groups in total. The van der Waals surface area contributed by atoms with Crippen LogP contribution in [0.3, 0.4) is 0 Å². The second kappa shape index (κ2) is 6.52. The number of benzene rings is 2. The van der Waals surface area contributed by atoms with Gasteiger partial charge < -0.3 is 9.14 Å². The minimum absolute atomic E-state index is 0.0623. The van der Waals surface area contributed by atoms with Crippen molar-refractivity contribution in [3.05, 3.63) is 84.6 Å².